The van der Waals surface area contributed by atoms with E-state index in [1.807, 2.05) is 0 Å². The van der Waals surface area contributed by atoms with Crippen LogP contribution < -0.4 is 10.0 Å². The molecular weight excluding hydrogens is 276 g/mol. The monoisotopic (exact) mass is 294 g/mol. The van der Waals surface area contributed by atoms with E-state index < -0.39 is 15.4 Å². The van der Waals surface area contributed by atoms with Gasteiger partial charge in [0, 0.05) is 12.2 Å². The van der Waals surface area contributed by atoms with Gasteiger partial charge < -0.3 is 5.32 Å². The molecule has 0 bridgehead atoms. The molecule has 2 rings (SSSR count). The fourth-order valence-electron chi connectivity index (χ4n) is 2.18. The third-order valence-electron chi connectivity index (χ3n) is 3.33. The minimum absolute atomic E-state index is 0.00113. The summed E-state index contributed by atoms with van der Waals surface area (Å²) in [6.45, 7) is 4.03. The lowest BCUT2D eigenvalue weighted by molar-refractivity contribution is -0.123. The number of amides is 1. The van der Waals surface area contributed by atoms with Gasteiger partial charge in [-0.25, -0.2) is 8.42 Å². The summed E-state index contributed by atoms with van der Waals surface area (Å²) >= 11 is 0. The van der Waals surface area contributed by atoms with Crippen molar-refractivity contribution in [2.24, 2.45) is 0 Å². The van der Waals surface area contributed by atoms with Crippen molar-refractivity contribution < 1.29 is 13.2 Å². The molecule has 6 heteroatoms. The minimum atomic E-state index is -3.28. The van der Waals surface area contributed by atoms with Crippen molar-refractivity contribution in [3.8, 4) is 0 Å². The van der Waals surface area contributed by atoms with Crippen molar-refractivity contribution in [2.75, 3.05) is 17.5 Å². The van der Waals surface area contributed by atoms with Gasteiger partial charge >= 0.3 is 0 Å². The molecule has 1 aromatic rings. The van der Waals surface area contributed by atoms with E-state index in [9.17, 15) is 13.2 Å². The van der Waals surface area contributed by atoms with Gasteiger partial charge in [0.2, 0.25) is 15.9 Å². The Labute approximate surface area is 119 Å². The SMILES string of the molecule is C=CCNC(=O)C1(c2ccc(NS(C)(=O)=O)cc2)CC1. The van der Waals surface area contributed by atoms with Crippen molar-refractivity contribution in [1.82, 2.24) is 5.32 Å². The summed E-state index contributed by atoms with van der Waals surface area (Å²) < 4.78 is 24.7. The van der Waals surface area contributed by atoms with Gasteiger partial charge in [0.25, 0.3) is 0 Å². The topological polar surface area (TPSA) is 75.3 Å². The number of sulfonamides is 1. The summed E-state index contributed by atoms with van der Waals surface area (Å²) in [6.07, 6.45) is 4.38. The highest BCUT2D eigenvalue weighted by molar-refractivity contribution is 7.92. The number of nitrogens with one attached hydrogen (secondary N) is 2. The molecule has 1 aliphatic rings. The number of benzene rings is 1. The standard InChI is InChI=1S/C14H18N2O3S/c1-3-10-15-13(17)14(8-9-14)11-4-6-12(7-5-11)16-20(2,18)19/h3-7,16H,1,8-10H2,2H3,(H,15,17). The Kier molecular flexibility index (Phi) is 3.85. The van der Waals surface area contributed by atoms with Crippen LogP contribution in [-0.2, 0) is 20.2 Å². The third kappa shape index (κ3) is 3.19. The van der Waals surface area contributed by atoms with Gasteiger partial charge in [-0.3, -0.25) is 9.52 Å². The van der Waals surface area contributed by atoms with Crippen LogP contribution in [0.5, 0.6) is 0 Å². The minimum Gasteiger partial charge on any atom is -0.352 e. The first-order valence-corrected chi connectivity index (χ1v) is 8.24. The number of hydrogen-bond donors (Lipinski definition) is 2. The normalized spacial score (nSPS) is 16.2. The number of hydrogen-bond acceptors (Lipinski definition) is 3. The van der Waals surface area contributed by atoms with Gasteiger partial charge in [-0.2, -0.15) is 0 Å². The predicted molar refractivity (Wildman–Crippen MR) is 79.0 cm³/mol. The summed E-state index contributed by atoms with van der Waals surface area (Å²) in [7, 11) is -3.28. The highest BCUT2D eigenvalue weighted by atomic mass is 32.2. The van der Waals surface area contributed by atoms with E-state index in [0.29, 0.717) is 12.2 Å². The zero-order valence-corrected chi connectivity index (χ0v) is 12.2. The maximum atomic E-state index is 12.1. The fraction of sp³-hybridized carbons (Fsp3) is 0.357. The van der Waals surface area contributed by atoms with Crippen molar-refractivity contribution in [1.29, 1.82) is 0 Å². The number of rotatable bonds is 6. The molecule has 1 aromatic carbocycles. The van der Waals surface area contributed by atoms with Crippen molar-refractivity contribution in [3.63, 3.8) is 0 Å². The van der Waals surface area contributed by atoms with E-state index >= 15 is 0 Å². The zero-order valence-electron chi connectivity index (χ0n) is 11.3. The van der Waals surface area contributed by atoms with Crippen LogP contribution in [0.15, 0.2) is 36.9 Å². The van der Waals surface area contributed by atoms with Crippen LogP contribution in [0.4, 0.5) is 5.69 Å². The molecule has 0 radical (unpaired) electrons. The molecule has 1 fully saturated rings. The van der Waals surface area contributed by atoms with Crippen molar-refractivity contribution >= 4 is 21.6 Å². The molecule has 1 amide bonds. The van der Waals surface area contributed by atoms with Crippen LogP contribution in [0, 0.1) is 0 Å². The second-order valence-electron chi connectivity index (χ2n) is 5.03. The van der Waals surface area contributed by atoms with Gasteiger partial charge in [0.1, 0.15) is 0 Å². The molecular formula is C14H18N2O3S. The summed E-state index contributed by atoms with van der Waals surface area (Å²) in [6, 6.07) is 6.95. The Balaban J connectivity index is 2.14. The lowest BCUT2D eigenvalue weighted by Gasteiger charge is -2.15. The first-order chi connectivity index (χ1) is 9.37. The lowest BCUT2D eigenvalue weighted by atomic mass is 9.95. The van der Waals surface area contributed by atoms with Crippen LogP contribution >= 0.6 is 0 Å². The second-order valence-corrected chi connectivity index (χ2v) is 6.78. The Bertz CT molecular complexity index is 616. The van der Waals surface area contributed by atoms with E-state index in [4.69, 9.17) is 0 Å². The molecule has 1 saturated carbocycles. The first kappa shape index (κ1) is 14.6. The largest absolute Gasteiger partial charge is 0.352 e. The molecule has 0 saturated heterocycles. The van der Waals surface area contributed by atoms with Gasteiger partial charge in [0.15, 0.2) is 0 Å². The third-order valence-corrected chi connectivity index (χ3v) is 3.94. The van der Waals surface area contributed by atoms with Crippen molar-refractivity contribution in [2.45, 2.75) is 18.3 Å². The van der Waals surface area contributed by atoms with Crippen LogP contribution in [0.1, 0.15) is 18.4 Å². The smallest absolute Gasteiger partial charge is 0.230 e. The van der Waals surface area contributed by atoms with Gasteiger partial charge in [-0.05, 0) is 30.5 Å². The molecule has 1 aliphatic carbocycles. The zero-order chi connectivity index (χ0) is 14.8. The van der Waals surface area contributed by atoms with Crippen LogP contribution in [-0.4, -0.2) is 27.1 Å². The molecule has 108 valence electrons. The Morgan fingerprint density at radius 1 is 1.35 bits per heavy atom. The summed E-state index contributed by atoms with van der Waals surface area (Å²) in [5, 5.41) is 2.82. The first-order valence-electron chi connectivity index (χ1n) is 6.35. The van der Waals surface area contributed by atoms with E-state index in [1.54, 1.807) is 30.3 Å². The van der Waals surface area contributed by atoms with E-state index in [-0.39, 0.29) is 5.91 Å². The van der Waals surface area contributed by atoms with Gasteiger partial charge in [0.05, 0.1) is 11.7 Å². The molecule has 2 N–H and O–H groups in total. The second kappa shape index (κ2) is 5.28. The van der Waals surface area contributed by atoms with Gasteiger partial charge in [-0.1, -0.05) is 18.2 Å². The number of anilines is 1. The summed E-state index contributed by atoms with van der Waals surface area (Å²) in [5.74, 6) is 0.00113. The highest BCUT2D eigenvalue weighted by Gasteiger charge is 2.50. The lowest BCUT2D eigenvalue weighted by Crippen LogP contribution is -2.34. The number of carbonyl (C=O) groups is 1. The average Bonchev–Trinajstić information content (AvgIpc) is 3.16. The quantitative estimate of drug-likeness (QED) is 0.779. The molecule has 0 atom stereocenters. The molecule has 20 heavy (non-hydrogen) atoms. The maximum Gasteiger partial charge on any atom is 0.230 e. The average molecular weight is 294 g/mol. The maximum absolute atomic E-state index is 12.1. The van der Waals surface area contributed by atoms with E-state index in [2.05, 4.69) is 16.6 Å². The molecule has 5 nitrogen and oxygen atoms in total. The Morgan fingerprint density at radius 2 is 1.95 bits per heavy atom. The van der Waals surface area contributed by atoms with Crippen LogP contribution in [0.25, 0.3) is 0 Å². The molecule has 0 unspecified atom stereocenters. The Morgan fingerprint density at radius 3 is 2.40 bits per heavy atom. The van der Waals surface area contributed by atoms with E-state index in [1.165, 1.54) is 0 Å². The fourth-order valence-corrected chi connectivity index (χ4v) is 2.74. The summed E-state index contributed by atoms with van der Waals surface area (Å²) in [4.78, 5) is 12.1. The van der Waals surface area contributed by atoms with Crippen molar-refractivity contribution in [3.05, 3.63) is 42.5 Å². The number of carbonyl (C=O) groups excluding carboxylic acids is 1. The predicted octanol–water partition coefficient (Wildman–Crippen LogP) is 1.39. The molecule has 0 aliphatic heterocycles. The molecule has 0 aromatic heterocycles. The van der Waals surface area contributed by atoms with Gasteiger partial charge in [-0.15, -0.1) is 6.58 Å². The Hall–Kier alpha value is -1.82. The molecule has 0 heterocycles. The van der Waals surface area contributed by atoms with E-state index in [0.717, 1.165) is 24.7 Å². The molecule has 0 spiro atoms. The van der Waals surface area contributed by atoms with Crippen LogP contribution in [0.3, 0.4) is 0 Å². The summed E-state index contributed by atoms with van der Waals surface area (Å²) in [5.41, 5.74) is 0.962. The highest BCUT2D eigenvalue weighted by Crippen LogP contribution is 2.48. The van der Waals surface area contributed by atoms with Crippen LogP contribution in [0.2, 0.25) is 0 Å².